The molecule has 1 fully saturated rings. The van der Waals surface area contributed by atoms with Crippen LogP contribution in [-0.2, 0) is 10.0 Å². The average Bonchev–Trinajstić information content (AvgIpc) is 3.16. The molecule has 21 heavy (non-hydrogen) atoms. The number of pyridine rings is 1. The smallest absolute Gasteiger partial charge is 0.384 e. The molecule has 0 spiro atoms. The molecule has 5 nitrogen and oxygen atoms in total. The Bertz CT molecular complexity index is 700. The van der Waals surface area contributed by atoms with Crippen LogP contribution in [0.4, 0.5) is 13.2 Å². The quantitative estimate of drug-likeness (QED) is 0.808. The van der Waals surface area contributed by atoms with Gasteiger partial charge < -0.3 is 5.11 Å². The standard InChI is InChI=1S/C12H11F3N2O3S/c13-12(14,15)11(3-4-11)17-21(19,20)10-6-9(2-1-5-18)7-16-8-10/h6-8,17-18H,3-5H2. The van der Waals surface area contributed by atoms with Crippen molar-refractivity contribution < 1.29 is 26.7 Å². The zero-order chi connectivity index (χ0) is 15.7. The Labute approximate surface area is 119 Å². The minimum atomic E-state index is -4.64. The van der Waals surface area contributed by atoms with Gasteiger partial charge in [0.25, 0.3) is 0 Å². The number of nitrogens with one attached hydrogen (secondary N) is 1. The van der Waals surface area contributed by atoms with Gasteiger partial charge in [0.1, 0.15) is 17.0 Å². The van der Waals surface area contributed by atoms with E-state index in [1.165, 1.54) is 6.20 Å². The number of alkyl halides is 3. The van der Waals surface area contributed by atoms with Crippen molar-refractivity contribution in [3.8, 4) is 11.8 Å². The predicted octanol–water partition coefficient (Wildman–Crippen LogP) is 0.799. The lowest BCUT2D eigenvalue weighted by Gasteiger charge is -2.20. The van der Waals surface area contributed by atoms with E-state index in [0.29, 0.717) is 0 Å². The number of aromatic nitrogens is 1. The van der Waals surface area contributed by atoms with Gasteiger partial charge in [-0.25, -0.2) is 8.42 Å². The molecule has 0 bridgehead atoms. The highest BCUT2D eigenvalue weighted by Crippen LogP contribution is 2.49. The van der Waals surface area contributed by atoms with Crippen molar-refractivity contribution >= 4 is 10.0 Å². The third-order valence-electron chi connectivity index (χ3n) is 2.96. The van der Waals surface area contributed by atoms with E-state index in [9.17, 15) is 21.6 Å². The van der Waals surface area contributed by atoms with Crippen molar-refractivity contribution in [1.82, 2.24) is 9.71 Å². The Balaban J connectivity index is 2.29. The fraction of sp³-hybridized carbons (Fsp3) is 0.417. The summed E-state index contributed by atoms with van der Waals surface area (Å²) in [7, 11) is -4.35. The fourth-order valence-electron chi connectivity index (χ4n) is 1.66. The molecule has 1 aliphatic rings. The summed E-state index contributed by atoms with van der Waals surface area (Å²) in [6.07, 6.45) is -3.01. The molecule has 114 valence electrons. The van der Waals surface area contributed by atoms with Crippen molar-refractivity contribution in [3.05, 3.63) is 24.0 Å². The van der Waals surface area contributed by atoms with Crippen LogP contribution in [0.5, 0.6) is 0 Å². The molecule has 0 atom stereocenters. The summed E-state index contributed by atoms with van der Waals surface area (Å²) in [5.74, 6) is 4.74. The molecular formula is C12H11F3N2O3S. The zero-order valence-electron chi connectivity index (χ0n) is 10.6. The third kappa shape index (κ3) is 3.34. The highest BCUT2D eigenvalue weighted by Gasteiger charge is 2.65. The van der Waals surface area contributed by atoms with Crippen molar-refractivity contribution in [2.45, 2.75) is 29.5 Å². The lowest BCUT2D eigenvalue weighted by molar-refractivity contribution is -0.160. The summed E-state index contributed by atoms with van der Waals surface area (Å²) in [6.45, 7) is -0.424. The molecule has 1 aromatic rings. The van der Waals surface area contributed by atoms with Gasteiger partial charge >= 0.3 is 6.18 Å². The summed E-state index contributed by atoms with van der Waals surface area (Å²) in [4.78, 5) is 3.23. The summed E-state index contributed by atoms with van der Waals surface area (Å²) in [5, 5.41) is 8.56. The van der Waals surface area contributed by atoms with E-state index in [1.54, 1.807) is 4.72 Å². The summed E-state index contributed by atoms with van der Waals surface area (Å²) >= 11 is 0. The largest absolute Gasteiger partial charge is 0.407 e. The van der Waals surface area contributed by atoms with Crippen LogP contribution in [0, 0.1) is 11.8 Å². The number of aliphatic hydroxyl groups is 1. The van der Waals surface area contributed by atoms with Crippen LogP contribution in [0.2, 0.25) is 0 Å². The minimum absolute atomic E-state index is 0.184. The van der Waals surface area contributed by atoms with Crippen molar-refractivity contribution in [2.75, 3.05) is 6.61 Å². The zero-order valence-corrected chi connectivity index (χ0v) is 11.4. The van der Waals surface area contributed by atoms with E-state index in [-0.39, 0.29) is 18.4 Å². The van der Waals surface area contributed by atoms with E-state index >= 15 is 0 Å². The third-order valence-corrected chi connectivity index (χ3v) is 4.46. The van der Waals surface area contributed by atoms with Gasteiger partial charge in [-0.15, -0.1) is 0 Å². The van der Waals surface area contributed by atoms with Gasteiger partial charge in [0.05, 0.1) is 0 Å². The van der Waals surface area contributed by atoms with Gasteiger partial charge in [0.15, 0.2) is 0 Å². The van der Waals surface area contributed by atoms with Crippen molar-refractivity contribution in [3.63, 3.8) is 0 Å². The van der Waals surface area contributed by atoms with Gasteiger partial charge in [-0.05, 0) is 18.9 Å². The predicted molar refractivity (Wildman–Crippen MR) is 66.5 cm³/mol. The first-order valence-corrected chi connectivity index (χ1v) is 7.34. The monoisotopic (exact) mass is 320 g/mol. The van der Waals surface area contributed by atoms with Crippen LogP contribution >= 0.6 is 0 Å². The molecule has 1 aliphatic carbocycles. The molecule has 2 rings (SSSR count). The topological polar surface area (TPSA) is 79.3 Å². The molecule has 0 aliphatic heterocycles. The summed E-state index contributed by atoms with van der Waals surface area (Å²) in [5.41, 5.74) is -2.19. The highest BCUT2D eigenvalue weighted by molar-refractivity contribution is 7.89. The van der Waals surface area contributed by atoms with E-state index in [2.05, 4.69) is 16.8 Å². The maximum absolute atomic E-state index is 12.8. The van der Waals surface area contributed by atoms with E-state index in [1.807, 2.05) is 0 Å². The second kappa shape index (κ2) is 5.29. The van der Waals surface area contributed by atoms with Gasteiger partial charge in [0, 0.05) is 18.0 Å². The van der Waals surface area contributed by atoms with Crippen LogP contribution in [0.25, 0.3) is 0 Å². The Kier molecular flexibility index (Phi) is 3.97. The van der Waals surface area contributed by atoms with E-state index < -0.39 is 33.2 Å². The van der Waals surface area contributed by atoms with Crippen LogP contribution < -0.4 is 4.72 Å². The number of rotatable bonds is 3. The molecule has 1 saturated carbocycles. The molecule has 2 N–H and O–H groups in total. The maximum atomic E-state index is 12.8. The lowest BCUT2D eigenvalue weighted by atomic mass is 10.3. The highest BCUT2D eigenvalue weighted by atomic mass is 32.2. The number of hydrogen-bond acceptors (Lipinski definition) is 4. The first-order valence-electron chi connectivity index (χ1n) is 5.86. The molecule has 1 heterocycles. The van der Waals surface area contributed by atoms with Crippen LogP contribution in [0.15, 0.2) is 23.4 Å². The normalized spacial score (nSPS) is 17.0. The second-order valence-corrected chi connectivity index (χ2v) is 6.24. The SMILES string of the molecule is O=S(=O)(NC1(C(F)(F)F)CC1)c1cncc(C#CCO)c1. The number of sulfonamides is 1. The first kappa shape index (κ1) is 15.8. The number of halogens is 3. The molecule has 1 aromatic heterocycles. The number of nitrogens with zero attached hydrogens (tertiary/aromatic N) is 1. The Morgan fingerprint density at radius 3 is 2.57 bits per heavy atom. The molecule has 0 aromatic carbocycles. The maximum Gasteiger partial charge on any atom is 0.407 e. The average molecular weight is 320 g/mol. The fourth-order valence-corrected chi connectivity index (χ4v) is 3.09. The summed E-state index contributed by atoms with van der Waals surface area (Å²) < 4.78 is 64.1. The van der Waals surface area contributed by atoms with Crippen LogP contribution in [0.3, 0.4) is 0 Å². The van der Waals surface area contributed by atoms with Gasteiger partial charge in [-0.3, -0.25) is 4.98 Å². The molecular weight excluding hydrogens is 309 g/mol. The van der Waals surface area contributed by atoms with E-state index in [4.69, 9.17) is 5.11 Å². The Hall–Kier alpha value is -1.63. The summed E-state index contributed by atoms with van der Waals surface area (Å²) in [6, 6.07) is 1.10. The molecule has 0 amide bonds. The Morgan fingerprint density at radius 2 is 2.05 bits per heavy atom. The molecule has 0 saturated heterocycles. The minimum Gasteiger partial charge on any atom is -0.384 e. The van der Waals surface area contributed by atoms with Crippen LogP contribution in [-0.4, -0.2) is 36.8 Å². The Morgan fingerprint density at radius 1 is 1.38 bits per heavy atom. The molecule has 0 radical (unpaired) electrons. The van der Waals surface area contributed by atoms with Crippen molar-refractivity contribution in [1.29, 1.82) is 0 Å². The van der Waals surface area contributed by atoms with Crippen molar-refractivity contribution in [2.24, 2.45) is 0 Å². The first-order chi connectivity index (χ1) is 9.70. The van der Waals surface area contributed by atoms with Gasteiger partial charge in [-0.2, -0.15) is 17.9 Å². The number of aliphatic hydroxyl groups excluding tert-OH is 1. The van der Waals surface area contributed by atoms with E-state index in [0.717, 1.165) is 12.3 Å². The second-order valence-electron chi connectivity index (χ2n) is 4.55. The molecule has 0 unspecified atom stereocenters. The molecule has 9 heteroatoms. The van der Waals surface area contributed by atoms with Gasteiger partial charge in [-0.1, -0.05) is 11.8 Å². The van der Waals surface area contributed by atoms with Crippen LogP contribution in [0.1, 0.15) is 18.4 Å². The van der Waals surface area contributed by atoms with Gasteiger partial charge in [0.2, 0.25) is 10.0 Å². The number of hydrogen-bond donors (Lipinski definition) is 2. The lowest BCUT2D eigenvalue weighted by Crippen LogP contribution is -2.47.